The van der Waals surface area contributed by atoms with Crippen LogP contribution >= 0.6 is 0 Å². The van der Waals surface area contributed by atoms with Crippen LogP contribution in [0.2, 0.25) is 0 Å². The van der Waals surface area contributed by atoms with E-state index in [4.69, 9.17) is 0 Å². The van der Waals surface area contributed by atoms with Crippen LogP contribution in [0.4, 0.5) is 8.78 Å². The maximum absolute atomic E-state index is 13.6. The van der Waals surface area contributed by atoms with E-state index in [1.54, 1.807) is 12.1 Å². The van der Waals surface area contributed by atoms with E-state index in [0.29, 0.717) is 17.5 Å². The molecule has 0 aliphatic rings. The summed E-state index contributed by atoms with van der Waals surface area (Å²) in [6.07, 6.45) is 0.425. The second-order valence-electron chi connectivity index (χ2n) is 6.00. The number of halogens is 2. The van der Waals surface area contributed by atoms with Crippen molar-refractivity contribution in [2.45, 2.75) is 30.2 Å². The summed E-state index contributed by atoms with van der Waals surface area (Å²) in [6, 6.07) is 11.0. The lowest BCUT2D eigenvalue weighted by Gasteiger charge is -2.26. The Labute approximate surface area is 150 Å². The van der Waals surface area contributed by atoms with E-state index in [-0.39, 0.29) is 11.3 Å². The highest BCUT2D eigenvalue weighted by molar-refractivity contribution is 7.89. The van der Waals surface area contributed by atoms with Gasteiger partial charge in [0.15, 0.2) is 0 Å². The fourth-order valence-electron chi connectivity index (χ4n) is 2.90. The zero-order chi connectivity index (χ0) is 18.7. The smallest absolute Gasteiger partial charge is 0.255 e. The third kappa shape index (κ3) is 3.61. The van der Waals surface area contributed by atoms with Gasteiger partial charge in [-0.3, -0.25) is 0 Å². The lowest BCUT2D eigenvalue weighted by atomic mass is 10.1. The van der Waals surface area contributed by atoms with Crippen molar-refractivity contribution in [1.82, 2.24) is 14.3 Å². The van der Waals surface area contributed by atoms with Gasteiger partial charge in [-0.25, -0.2) is 22.2 Å². The molecule has 26 heavy (non-hydrogen) atoms. The van der Waals surface area contributed by atoms with Gasteiger partial charge in [-0.1, -0.05) is 30.3 Å². The highest BCUT2D eigenvalue weighted by Gasteiger charge is 2.35. The summed E-state index contributed by atoms with van der Waals surface area (Å²) < 4.78 is 53.8. The number of pyridine rings is 1. The van der Waals surface area contributed by atoms with Crippen LogP contribution in [0.1, 0.15) is 12.0 Å². The molecule has 8 heteroatoms. The number of fused-ring (bicyclic) bond motifs is 1. The van der Waals surface area contributed by atoms with E-state index in [0.717, 1.165) is 9.87 Å². The SMILES string of the molecule is CN(C(CCc1ccccc1)C(F)F)S(=O)(=O)c1c[nH]c2ncccc12. The largest absolute Gasteiger partial charge is 0.345 e. The number of hydrogen-bond donors (Lipinski definition) is 1. The summed E-state index contributed by atoms with van der Waals surface area (Å²) >= 11 is 0. The zero-order valence-corrected chi connectivity index (χ0v) is 15.0. The van der Waals surface area contributed by atoms with E-state index < -0.39 is 22.5 Å². The minimum Gasteiger partial charge on any atom is -0.345 e. The Balaban J connectivity index is 1.87. The van der Waals surface area contributed by atoms with Crippen molar-refractivity contribution in [3.63, 3.8) is 0 Å². The standard InChI is InChI=1S/C18H19F2N3O2S/c1-23(15(17(19)20)10-9-13-6-3-2-4-7-13)26(24,25)16-12-22-18-14(16)8-5-11-21-18/h2-8,11-12,15,17H,9-10H2,1H3,(H,21,22). The normalized spacial score (nSPS) is 13.6. The molecule has 5 nitrogen and oxygen atoms in total. The van der Waals surface area contributed by atoms with E-state index in [2.05, 4.69) is 9.97 Å². The molecule has 1 atom stereocenters. The molecule has 0 spiro atoms. The first kappa shape index (κ1) is 18.5. The highest BCUT2D eigenvalue weighted by atomic mass is 32.2. The van der Waals surface area contributed by atoms with Crippen LogP contribution in [0.5, 0.6) is 0 Å². The lowest BCUT2D eigenvalue weighted by molar-refractivity contribution is 0.0659. The molecule has 1 aromatic carbocycles. The Morgan fingerprint density at radius 1 is 1.15 bits per heavy atom. The second-order valence-corrected chi connectivity index (χ2v) is 7.97. The maximum Gasteiger partial charge on any atom is 0.255 e. The molecule has 0 radical (unpaired) electrons. The molecule has 0 fully saturated rings. The number of aromatic nitrogens is 2. The Morgan fingerprint density at radius 3 is 2.58 bits per heavy atom. The number of aryl methyl sites for hydroxylation is 1. The van der Waals surface area contributed by atoms with Crippen LogP contribution in [-0.2, 0) is 16.4 Å². The molecule has 1 unspecified atom stereocenters. The Morgan fingerprint density at radius 2 is 1.88 bits per heavy atom. The van der Waals surface area contributed by atoms with Crippen LogP contribution in [0.15, 0.2) is 59.8 Å². The molecule has 3 rings (SSSR count). The minimum atomic E-state index is -4.09. The van der Waals surface area contributed by atoms with Crippen LogP contribution in [0, 0.1) is 0 Å². The van der Waals surface area contributed by atoms with Crippen molar-refractivity contribution in [3.8, 4) is 0 Å². The fraction of sp³-hybridized carbons (Fsp3) is 0.278. The summed E-state index contributed by atoms with van der Waals surface area (Å²) in [7, 11) is -2.89. The summed E-state index contributed by atoms with van der Waals surface area (Å²) in [6.45, 7) is 0. The Kier molecular flexibility index (Phi) is 5.33. The van der Waals surface area contributed by atoms with Crippen molar-refractivity contribution in [2.24, 2.45) is 0 Å². The van der Waals surface area contributed by atoms with Crippen molar-refractivity contribution in [1.29, 1.82) is 0 Å². The van der Waals surface area contributed by atoms with Crippen LogP contribution in [0.25, 0.3) is 11.0 Å². The van der Waals surface area contributed by atoms with E-state index in [1.165, 1.54) is 19.4 Å². The first-order valence-corrected chi connectivity index (χ1v) is 9.57. The summed E-state index contributed by atoms with van der Waals surface area (Å²) in [5.74, 6) is 0. The summed E-state index contributed by atoms with van der Waals surface area (Å²) in [5.41, 5.74) is 1.29. The van der Waals surface area contributed by atoms with Gasteiger partial charge in [-0.15, -0.1) is 0 Å². The van der Waals surface area contributed by atoms with Gasteiger partial charge in [-0.2, -0.15) is 4.31 Å². The van der Waals surface area contributed by atoms with Gasteiger partial charge in [0.05, 0.1) is 6.04 Å². The number of nitrogens with zero attached hydrogens (tertiary/aromatic N) is 2. The van der Waals surface area contributed by atoms with Crippen molar-refractivity contribution in [3.05, 3.63) is 60.4 Å². The lowest BCUT2D eigenvalue weighted by Crippen LogP contribution is -2.41. The number of rotatable bonds is 7. The molecule has 0 saturated carbocycles. The van der Waals surface area contributed by atoms with Crippen molar-refractivity contribution < 1.29 is 17.2 Å². The molecule has 0 bridgehead atoms. The monoisotopic (exact) mass is 379 g/mol. The minimum absolute atomic E-state index is 0.0258. The van der Waals surface area contributed by atoms with Crippen LogP contribution < -0.4 is 0 Å². The molecule has 138 valence electrons. The van der Waals surface area contributed by atoms with Crippen molar-refractivity contribution in [2.75, 3.05) is 7.05 Å². The predicted octanol–water partition coefficient (Wildman–Crippen LogP) is 3.45. The number of alkyl halides is 2. The van der Waals surface area contributed by atoms with Gasteiger partial charge < -0.3 is 4.98 Å². The molecular formula is C18H19F2N3O2S. The van der Waals surface area contributed by atoms with Crippen LogP contribution in [-0.4, -0.2) is 42.2 Å². The Bertz CT molecular complexity index is 974. The third-order valence-corrected chi connectivity index (χ3v) is 6.32. The van der Waals surface area contributed by atoms with Crippen molar-refractivity contribution >= 4 is 21.1 Å². The first-order chi connectivity index (χ1) is 12.4. The third-order valence-electron chi connectivity index (χ3n) is 4.40. The first-order valence-electron chi connectivity index (χ1n) is 8.13. The number of aromatic amines is 1. The number of H-pyrrole nitrogens is 1. The van der Waals surface area contributed by atoms with E-state index >= 15 is 0 Å². The molecule has 2 aromatic heterocycles. The predicted molar refractivity (Wildman–Crippen MR) is 95.6 cm³/mol. The summed E-state index contributed by atoms with van der Waals surface area (Å²) in [5, 5.41) is 0.385. The molecule has 3 aromatic rings. The molecule has 2 heterocycles. The average molecular weight is 379 g/mol. The number of hydrogen-bond acceptors (Lipinski definition) is 3. The van der Waals surface area contributed by atoms with Gasteiger partial charge in [0.1, 0.15) is 10.5 Å². The topological polar surface area (TPSA) is 66.1 Å². The number of benzene rings is 1. The summed E-state index contributed by atoms with van der Waals surface area (Å²) in [4.78, 5) is 6.77. The van der Waals surface area contributed by atoms with E-state index in [9.17, 15) is 17.2 Å². The number of sulfonamides is 1. The molecule has 0 aliphatic heterocycles. The Hall–Kier alpha value is -2.32. The molecule has 0 aliphatic carbocycles. The second kappa shape index (κ2) is 7.51. The fourth-order valence-corrected chi connectivity index (χ4v) is 4.42. The average Bonchev–Trinajstić information content (AvgIpc) is 3.07. The van der Waals surface area contributed by atoms with E-state index in [1.807, 2.05) is 30.3 Å². The van der Waals surface area contributed by atoms with Gasteiger partial charge >= 0.3 is 0 Å². The highest BCUT2D eigenvalue weighted by Crippen LogP contribution is 2.27. The number of nitrogens with one attached hydrogen (secondary N) is 1. The van der Waals surface area contributed by atoms with Gasteiger partial charge in [0, 0.05) is 24.8 Å². The maximum atomic E-state index is 13.6. The van der Waals surface area contributed by atoms with Gasteiger partial charge in [0.2, 0.25) is 10.0 Å². The molecule has 0 amide bonds. The zero-order valence-electron chi connectivity index (χ0n) is 14.1. The molecular weight excluding hydrogens is 360 g/mol. The quantitative estimate of drug-likeness (QED) is 0.684. The molecule has 0 saturated heterocycles. The molecule has 1 N–H and O–H groups in total. The van der Waals surface area contributed by atoms with Gasteiger partial charge in [-0.05, 0) is 30.5 Å². The van der Waals surface area contributed by atoms with Gasteiger partial charge in [0.25, 0.3) is 6.43 Å². The van der Waals surface area contributed by atoms with Crippen LogP contribution in [0.3, 0.4) is 0 Å².